The van der Waals surface area contributed by atoms with Crippen molar-refractivity contribution in [1.82, 2.24) is 23.7 Å². The zero-order chi connectivity index (χ0) is 26.8. The molecule has 2 aromatic heterocycles. The lowest BCUT2D eigenvalue weighted by Gasteiger charge is -2.31. The Morgan fingerprint density at radius 1 is 1.27 bits per heavy atom. The standard InChI is InChI=1S/C26H37N7O3S/c1-26(2)11-7-8-22(26)33-23-20(16-19(17-27)24(33)34)18-28-25(30-23)29-21-9-13-32(14-10-21)37(35,36)15-6-5-12-31(3)4/h6,15-16,18,21-22H,5,7-14H2,1-4H3,(H,28,29,30)/b15-6+/t22-/m1/s1. The molecule has 4 rings (SSSR count). The Balaban J connectivity index is 1.50. The van der Waals surface area contributed by atoms with Gasteiger partial charge in [0.15, 0.2) is 0 Å². The molecule has 0 radical (unpaired) electrons. The van der Waals surface area contributed by atoms with Crippen molar-refractivity contribution in [3.8, 4) is 6.07 Å². The second-order valence-corrected chi connectivity index (χ2v) is 12.9. The number of hydrogen-bond acceptors (Lipinski definition) is 8. The predicted octanol–water partition coefficient (Wildman–Crippen LogP) is 3.09. The van der Waals surface area contributed by atoms with E-state index in [0.717, 1.165) is 25.8 Å². The molecular weight excluding hydrogens is 490 g/mol. The Hall–Kier alpha value is -2.81. The molecule has 1 saturated carbocycles. The number of aromatic nitrogens is 3. The monoisotopic (exact) mass is 527 g/mol. The summed E-state index contributed by atoms with van der Waals surface area (Å²) in [5.74, 6) is 0.408. The quantitative estimate of drug-likeness (QED) is 0.555. The van der Waals surface area contributed by atoms with Crippen LogP contribution in [0.5, 0.6) is 0 Å². The van der Waals surface area contributed by atoms with E-state index < -0.39 is 10.0 Å². The van der Waals surface area contributed by atoms with Crippen LogP contribution in [-0.2, 0) is 10.0 Å². The Bertz CT molecular complexity index is 1370. The summed E-state index contributed by atoms with van der Waals surface area (Å²) in [5, 5.41) is 14.9. The van der Waals surface area contributed by atoms with E-state index in [1.54, 1.807) is 22.9 Å². The summed E-state index contributed by atoms with van der Waals surface area (Å²) in [6.45, 7) is 5.94. The van der Waals surface area contributed by atoms with Gasteiger partial charge in [-0.15, -0.1) is 0 Å². The van der Waals surface area contributed by atoms with Crippen molar-refractivity contribution in [3.05, 3.63) is 39.7 Å². The van der Waals surface area contributed by atoms with Crippen LogP contribution in [0.1, 0.15) is 64.0 Å². The highest BCUT2D eigenvalue weighted by molar-refractivity contribution is 7.92. The third kappa shape index (κ3) is 6.03. The Morgan fingerprint density at radius 2 is 2.00 bits per heavy atom. The van der Waals surface area contributed by atoms with Crippen LogP contribution in [-0.4, -0.2) is 71.9 Å². The van der Waals surface area contributed by atoms with Crippen LogP contribution in [0.15, 0.2) is 28.5 Å². The van der Waals surface area contributed by atoms with E-state index in [-0.39, 0.29) is 28.6 Å². The highest BCUT2D eigenvalue weighted by atomic mass is 32.2. The normalized spacial score (nSPS) is 21.1. The van der Waals surface area contributed by atoms with Gasteiger partial charge in [0.05, 0.1) is 0 Å². The summed E-state index contributed by atoms with van der Waals surface area (Å²) in [6.07, 6.45) is 8.19. The third-order valence-corrected chi connectivity index (χ3v) is 9.19. The maximum atomic E-state index is 13.2. The van der Waals surface area contributed by atoms with Gasteiger partial charge in [0.1, 0.15) is 17.3 Å². The van der Waals surface area contributed by atoms with E-state index in [1.807, 2.05) is 25.1 Å². The summed E-state index contributed by atoms with van der Waals surface area (Å²) in [7, 11) is 0.479. The largest absolute Gasteiger partial charge is 0.351 e. The molecule has 0 bridgehead atoms. The smallest absolute Gasteiger partial charge is 0.270 e. The molecule has 2 fully saturated rings. The van der Waals surface area contributed by atoms with Crippen LogP contribution in [0.2, 0.25) is 0 Å². The number of rotatable bonds is 8. The number of nitriles is 1. The van der Waals surface area contributed by atoms with E-state index >= 15 is 0 Å². The van der Waals surface area contributed by atoms with Gasteiger partial charge < -0.3 is 10.2 Å². The average molecular weight is 528 g/mol. The molecule has 1 aliphatic carbocycles. The minimum absolute atomic E-state index is 0.0168. The van der Waals surface area contributed by atoms with E-state index in [4.69, 9.17) is 4.98 Å². The molecule has 0 unspecified atom stereocenters. The van der Waals surface area contributed by atoms with Crippen LogP contribution in [0.4, 0.5) is 5.95 Å². The molecule has 1 N–H and O–H groups in total. The van der Waals surface area contributed by atoms with Crippen molar-refractivity contribution in [3.63, 3.8) is 0 Å². The number of nitrogens with one attached hydrogen (secondary N) is 1. The fourth-order valence-electron chi connectivity index (χ4n) is 5.39. The van der Waals surface area contributed by atoms with Gasteiger partial charge in [-0.05, 0) is 57.7 Å². The van der Waals surface area contributed by atoms with Crippen LogP contribution in [0.3, 0.4) is 0 Å². The summed E-state index contributed by atoms with van der Waals surface area (Å²) < 4.78 is 28.5. The van der Waals surface area contributed by atoms with Crippen molar-refractivity contribution in [2.24, 2.45) is 5.41 Å². The summed E-state index contributed by atoms with van der Waals surface area (Å²) in [5.41, 5.74) is 0.243. The SMILES string of the molecule is CN(C)CC/C=C/S(=O)(=O)N1CCC(Nc2ncc3cc(C#N)c(=O)n([C@@H]4CCCC4(C)C)c3n2)CC1. The molecule has 2 aliphatic rings. The van der Waals surface area contributed by atoms with Gasteiger partial charge in [0.25, 0.3) is 5.56 Å². The lowest BCUT2D eigenvalue weighted by Crippen LogP contribution is -2.41. The molecular formula is C26H37N7O3S. The summed E-state index contributed by atoms with van der Waals surface area (Å²) in [4.78, 5) is 24.4. The molecule has 1 atom stereocenters. The van der Waals surface area contributed by atoms with E-state index in [0.29, 0.717) is 49.3 Å². The fourth-order valence-corrected chi connectivity index (χ4v) is 6.66. The van der Waals surface area contributed by atoms with Gasteiger partial charge >= 0.3 is 0 Å². The van der Waals surface area contributed by atoms with Gasteiger partial charge in [-0.3, -0.25) is 9.36 Å². The Labute approximate surface area is 219 Å². The first-order valence-corrected chi connectivity index (χ1v) is 14.4. The molecule has 1 aliphatic heterocycles. The van der Waals surface area contributed by atoms with Crippen molar-refractivity contribution in [2.45, 2.75) is 64.5 Å². The van der Waals surface area contributed by atoms with Gasteiger partial charge in [0.2, 0.25) is 16.0 Å². The third-order valence-electron chi connectivity index (χ3n) is 7.56. The fraction of sp³-hybridized carbons (Fsp3) is 0.615. The lowest BCUT2D eigenvalue weighted by molar-refractivity contribution is 0.260. The molecule has 11 heteroatoms. The highest BCUT2D eigenvalue weighted by Gasteiger charge is 2.37. The predicted molar refractivity (Wildman–Crippen MR) is 145 cm³/mol. The summed E-state index contributed by atoms with van der Waals surface area (Å²) in [6, 6.07) is 3.57. The molecule has 2 aromatic rings. The van der Waals surface area contributed by atoms with Crippen molar-refractivity contribution in [2.75, 3.05) is 39.0 Å². The molecule has 200 valence electrons. The minimum atomic E-state index is -3.43. The van der Waals surface area contributed by atoms with Gasteiger partial charge in [0, 0.05) is 48.7 Å². The Kier molecular flexibility index (Phi) is 8.02. The molecule has 3 heterocycles. The van der Waals surface area contributed by atoms with E-state index in [2.05, 4.69) is 24.1 Å². The first kappa shape index (κ1) is 27.2. The van der Waals surface area contributed by atoms with Crippen molar-refractivity contribution < 1.29 is 8.42 Å². The molecule has 37 heavy (non-hydrogen) atoms. The van der Waals surface area contributed by atoms with Crippen LogP contribution in [0.25, 0.3) is 11.0 Å². The molecule has 0 amide bonds. The number of hydrogen-bond donors (Lipinski definition) is 1. The number of anilines is 1. The molecule has 10 nitrogen and oxygen atoms in total. The zero-order valence-electron chi connectivity index (χ0n) is 22.1. The average Bonchev–Trinajstić information content (AvgIpc) is 3.20. The molecule has 0 aromatic carbocycles. The molecule has 1 saturated heterocycles. The van der Waals surface area contributed by atoms with Crippen LogP contribution >= 0.6 is 0 Å². The maximum Gasteiger partial charge on any atom is 0.270 e. The number of fused-ring (bicyclic) bond motifs is 1. The lowest BCUT2D eigenvalue weighted by atomic mass is 9.87. The molecule has 0 spiro atoms. The van der Waals surface area contributed by atoms with Gasteiger partial charge in [-0.1, -0.05) is 26.3 Å². The van der Waals surface area contributed by atoms with Crippen LogP contribution < -0.4 is 10.9 Å². The second-order valence-electron chi connectivity index (χ2n) is 11.0. The number of piperidine rings is 1. The van der Waals surface area contributed by atoms with Crippen molar-refractivity contribution >= 4 is 27.0 Å². The maximum absolute atomic E-state index is 13.2. The number of nitrogens with zero attached hydrogens (tertiary/aromatic N) is 6. The topological polar surface area (TPSA) is 124 Å². The highest BCUT2D eigenvalue weighted by Crippen LogP contribution is 2.46. The number of sulfonamides is 1. The number of pyridine rings is 1. The first-order chi connectivity index (χ1) is 17.5. The van der Waals surface area contributed by atoms with E-state index in [9.17, 15) is 18.5 Å². The minimum Gasteiger partial charge on any atom is -0.351 e. The van der Waals surface area contributed by atoms with Crippen molar-refractivity contribution in [1.29, 1.82) is 5.26 Å². The van der Waals surface area contributed by atoms with E-state index in [1.165, 1.54) is 9.71 Å². The van der Waals surface area contributed by atoms with Gasteiger partial charge in [-0.25, -0.2) is 13.4 Å². The van der Waals surface area contributed by atoms with Crippen LogP contribution in [0, 0.1) is 16.7 Å². The Morgan fingerprint density at radius 3 is 2.62 bits per heavy atom. The zero-order valence-corrected chi connectivity index (χ0v) is 23.0. The summed E-state index contributed by atoms with van der Waals surface area (Å²) >= 11 is 0. The van der Waals surface area contributed by atoms with Gasteiger partial charge in [-0.2, -0.15) is 14.6 Å². The second kappa shape index (κ2) is 10.9. The first-order valence-electron chi connectivity index (χ1n) is 12.9.